The van der Waals surface area contributed by atoms with E-state index in [1.807, 2.05) is 31.2 Å². The molecule has 3 N–H and O–H groups in total. The minimum Gasteiger partial charge on any atom is -0.494 e. The summed E-state index contributed by atoms with van der Waals surface area (Å²) in [5.41, 5.74) is 6.98. The minimum atomic E-state index is -0.772. The van der Waals surface area contributed by atoms with Crippen molar-refractivity contribution in [3.8, 4) is 5.75 Å². The third-order valence-corrected chi connectivity index (χ3v) is 5.59. The van der Waals surface area contributed by atoms with Gasteiger partial charge in [-0.1, -0.05) is 12.1 Å². The Labute approximate surface area is 170 Å². The predicted octanol–water partition coefficient (Wildman–Crippen LogP) is 0.766. The van der Waals surface area contributed by atoms with Crippen molar-refractivity contribution < 1.29 is 23.9 Å². The largest absolute Gasteiger partial charge is 0.494 e. The lowest BCUT2D eigenvalue weighted by atomic mass is 10.0. The third-order valence-electron chi connectivity index (χ3n) is 5.59. The fourth-order valence-electron chi connectivity index (χ4n) is 4.02. The van der Waals surface area contributed by atoms with Gasteiger partial charge in [0.15, 0.2) is 0 Å². The van der Waals surface area contributed by atoms with Crippen LogP contribution in [0.4, 0.5) is 0 Å². The van der Waals surface area contributed by atoms with Gasteiger partial charge >= 0.3 is 5.97 Å². The Hall–Kier alpha value is -2.61. The second-order valence-corrected chi connectivity index (χ2v) is 7.73. The van der Waals surface area contributed by atoms with Crippen LogP contribution in [0.25, 0.3) is 0 Å². The van der Waals surface area contributed by atoms with E-state index in [4.69, 9.17) is 15.2 Å². The molecule has 1 unspecified atom stereocenters. The van der Waals surface area contributed by atoms with E-state index in [2.05, 4.69) is 5.32 Å². The molecule has 0 radical (unpaired) electrons. The van der Waals surface area contributed by atoms with Crippen LogP contribution < -0.4 is 15.8 Å². The maximum absolute atomic E-state index is 13.0. The van der Waals surface area contributed by atoms with Crippen LogP contribution in [0, 0.1) is 0 Å². The van der Waals surface area contributed by atoms with Gasteiger partial charge in [-0.15, -0.1) is 0 Å². The summed E-state index contributed by atoms with van der Waals surface area (Å²) < 4.78 is 10.7. The minimum absolute atomic E-state index is 0.185. The van der Waals surface area contributed by atoms with Crippen LogP contribution in [-0.2, 0) is 25.5 Å². The molecule has 8 heteroatoms. The van der Waals surface area contributed by atoms with Gasteiger partial charge in [0.2, 0.25) is 11.8 Å². The van der Waals surface area contributed by atoms with E-state index in [9.17, 15) is 14.4 Å². The Bertz CT molecular complexity index is 751. The molecule has 0 saturated carbocycles. The van der Waals surface area contributed by atoms with Crippen LogP contribution in [0.2, 0.25) is 0 Å². The Morgan fingerprint density at radius 2 is 1.97 bits per heavy atom. The van der Waals surface area contributed by atoms with Gasteiger partial charge in [-0.05, 0) is 56.7 Å². The molecule has 1 aromatic rings. The molecule has 4 rings (SSSR count). The zero-order valence-electron chi connectivity index (χ0n) is 16.9. The van der Waals surface area contributed by atoms with Gasteiger partial charge in [0.25, 0.3) is 0 Å². The quantitative estimate of drug-likeness (QED) is 0.670. The first-order valence-corrected chi connectivity index (χ1v) is 10.1. The number of ether oxygens (including phenoxy) is 2. The van der Waals surface area contributed by atoms with E-state index < -0.39 is 24.1 Å². The van der Waals surface area contributed by atoms with Gasteiger partial charge in [-0.25, -0.2) is 4.79 Å². The highest BCUT2D eigenvalue weighted by Gasteiger charge is 2.44. The van der Waals surface area contributed by atoms with E-state index in [1.165, 1.54) is 7.11 Å². The first-order valence-electron chi connectivity index (χ1n) is 10.1. The average molecular weight is 403 g/mol. The molecule has 3 aliphatic heterocycles. The molecule has 158 valence electrons. The zero-order valence-corrected chi connectivity index (χ0v) is 16.9. The number of hydrogen-bond donors (Lipinski definition) is 2. The lowest BCUT2D eigenvalue weighted by molar-refractivity contribution is -0.153. The van der Waals surface area contributed by atoms with E-state index in [1.54, 1.807) is 4.90 Å². The Balaban J connectivity index is 1.82. The molecule has 1 aromatic carbocycles. The first-order chi connectivity index (χ1) is 13.9. The second-order valence-electron chi connectivity index (χ2n) is 7.73. The summed E-state index contributed by atoms with van der Waals surface area (Å²) in [6.45, 7) is 2.39. The molecule has 0 spiro atoms. The summed E-state index contributed by atoms with van der Waals surface area (Å²) in [6.07, 6.45) is 2.72. The summed E-state index contributed by atoms with van der Waals surface area (Å²) >= 11 is 0. The Kier molecular flexibility index (Phi) is 6.74. The molecule has 3 heterocycles. The highest BCUT2D eigenvalue weighted by atomic mass is 16.5. The van der Waals surface area contributed by atoms with E-state index in [0.29, 0.717) is 32.3 Å². The standard InChI is InChI=1S/C21H29N3O5/c1-13-11-17-20(26)24(13)18(21(27)28-2)5-3-4-10-29-15-8-6-14(7-9-15)12-16(22)19(25)23-17/h6-9,13,16-18H,3-5,10-12,22H2,1-2H3,(H,23,25)/t13?,16-,17-,18-/m0/s1. The molecule has 2 amide bonds. The van der Waals surface area contributed by atoms with Crippen LogP contribution in [0.1, 0.15) is 38.2 Å². The summed E-state index contributed by atoms with van der Waals surface area (Å²) in [4.78, 5) is 39.5. The lowest BCUT2D eigenvalue weighted by Gasteiger charge is -2.29. The van der Waals surface area contributed by atoms with Crippen LogP contribution in [0.15, 0.2) is 24.3 Å². The number of fused-ring (bicyclic) bond motifs is 10. The predicted molar refractivity (Wildman–Crippen MR) is 106 cm³/mol. The maximum atomic E-state index is 13.0. The Morgan fingerprint density at radius 1 is 1.24 bits per heavy atom. The number of hydrogen-bond acceptors (Lipinski definition) is 6. The highest BCUT2D eigenvalue weighted by molar-refractivity contribution is 5.93. The van der Waals surface area contributed by atoms with E-state index >= 15 is 0 Å². The first kappa shape index (κ1) is 21.1. The maximum Gasteiger partial charge on any atom is 0.328 e. The number of methoxy groups -OCH3 is 1. The van der Waals surface area contributed by atoms with Gasteiger partial charge in [0.05, 0.1) is 19.8 Å². The number of rotatable bonds is 1. The average Bonchev–Trinajstić information content (AvgIpc) is 2.98. The molecule has 8 nitrogen and oxygen atoms in total. The summed E-state index contributed by atoms with van der Waals surface area (Å²) in [7, 11) is 1.32. The molecule has 29 heavy (non-hydrogen) atoms. The molecule has 4 atom stereocenters. The number of amides is 2. The number of nitrogens with one attached hydrogen (secondary N) is 1. The number of esters is 1. The van der Waals surface area contributed by atoms with E-state index in [0.717, 1.165) is 17.7 Å². The number of carbonyl (C=O) groups excluding carboxylic acids is 3. The van der Waals surface area contributed by atoms with Crippen molar-refractivity contribution in [3.63, 3.8) is 0 Å². The van der Waals surface area contributed by atoms with Crippen molar-refractivity contribution in [2.24, 2.45) is 5.73 Å². The number of nitrogens with zero attached hydrogens (tertiary/aromatic N) is 1. The molecular formula is C21H29N3O5. The zero-order chi connectivity index (χ0) is 21.0. The molecule has 3 aliphatic rings. The van der Waals surface area contributed by atoms with Gasteiger partial charge < -0.3 is 25.4 Å². The smallest absolute Gasteiger partial charge is 0.328 e. The van der Waals surface area contributed by atoms with Crippen molar-refractivity contribution >= 4 is 17.8 Å². The fourth-order valence-corrected chi connectivity index (χ4v) is 4.02. The molecular weight excluding hydrogens is 374 g/mol. The van der Waals surface area contributed by atoms with Crippen LogP contribution in [-0.4, -0.2) is 60.6 Å². The molecule has 0 aliphatic carbocycles. The van der Waals surface area contributed by atoms with Gasteiger partial charge in [-0.3, -0.25) is 9.59 Å². The van der Waals surface area contributed by atoms with Crippen molar-refractivity contribution in [1.29, 1.82) is 0 Å². The molecule has 0 aromatic heterocycles. The third kappa shape index (κ3) is 4.87. The SMILES string of the molecule is COC(=O)[C@@H]1CCCCOc2ccc(cc2)C[C@H](N)C(=O)N[C@H]2CC(C)N1C2=O. The number of benzene rings is 1. The summed E-state index contributed by atoms with van der Waals surface area (Å²) in [5.74, 6) is -0.343. The van der Waals surface area contributed by atoms with Gasteiger partial charge in [-0.2, -0.15) is 0 Å². The van der Waals surface area contributed by atoms with Gasteiger partial charge in [0.1, 0.15) is 17.8 Å². The summed E-state index contributed by atoms with van der Waals surface area (Å²) in [5, 5.41) is 2.77. The number of carbonyl (C=O) groups is 3. The van der Waals surface area contributed by atoms with E-state index in [-0.39, 0.29) is 17.9 Å². The topological polar surface area (TPSA) is 111 Å². The number of nitrogens with two attached hydrogens (primary N) is 1. The normalized spacial score (nSPS) is 28.4. The van der Waals surface area contributed by atoms with Crippen LogP contribution >= 0.6 is 0 Å². The van der Waals surface area contributed by atoms with Crippen molar-refractivity contribution in [2.45, 2.75) is 63.2 Å². The molecule has 1 fully saturated rings. The monoisotopic (exact) mass is 403 g/mol. The summed E-state index contributed by atoms with van der Waals surface area (Å²) in [6, 6.07) is 5.17. The molecule has 4 bridgehead atoms. The van der Waals surface area contributed by atoms with Crippen LogP contribution in [0.5, 0.6) is 5.75 Å². The lowest BCUT2D eigenvalue weighted by Crippen LogP contribution is -2.51. The van der Waals surface area contributed by atoms with Crippen molar-refractivity contribution in [2.75, 3.05) is 13.7 Å². The molecule has 1 saturated heterocycles. The van der Waals surface area contributed by atoms with Gasteiger partial charge in [0, 0.05) is 6.04 Å². The fraction of sp³-hybridized carbons (Fsp3) is 0.571. The van der Waals surface area contributed by atoms with Crippen molar-refractivity contribution in [3.05, 3.63) is 29.8 Å². The Morgan fingerprint density at radius 3 is 2.66 bits per heavy atom. The highest BCUT2D eigenvalue weighted by Crippen LogP contribution is 2.25. The van der Waals surface area contributed by atoms with Crippen molar-refractivity contribution in [1.82, 2.24) is 10.2 Å². The van der Waals surface area contributed by atoms with Crippen LogP contribution in [0.3, 0.4) is 0 Å². The second kappa shape index (κ2) is 9.26.